The van der Waals surface area contributed by atoms with E-state index >= 15 is 0 Å². The molecule has 0 N–H and O–H groups in total. The zero-order valence-electron chi connectivity index (χ0n) is 18.3. The lowest BCUT2D eigenvalue weighted by Gasteiger charge is -2.34. The van der Waals surface area contributed by atoms with Crippen molar-refractivity contribution in [2.45, 2.75) is 6.61 Å². The van der Waals surface area contributed by atoms with Crippen LogP contribution >= 0.6 is 0 Å². The number of rotatable bonds is 4. The molecule has 1 saturated heterocycles. The minimum atomic E-state index is -0.319. The van der Waals surface area contributed by atoms with Gasteiger partial charge < -0.3 is 14.5 Å². The Morgan fingerprint density at radius 2 is 1.79 bits per heavy atom. The Labute approximate surface area is 191 Å². The van der Waals surface area contributed by atoms with Gasteiger partial charge in [0.2, 0.25) is 0 Å². The van der Waals surface area contributed by atoms with E-state index in [-0.39, 0.29) is 12.7 Å². The normalized spacial score (nSPS) is 13.8. The van der Waals surface area contributed by atoms with Crippen LogP contribution in [0.15, 0.2) is 61.2 Å². The summed E-state index contributed by atoms with van der Waals surface area (Å²) in [5.41, 5.74) is 5.63. The molecule has 0 atom stereocenters. The molecule has 0 radical (unpaired) electrons. The van der Waals surface area contributed by atoms with Gasteiger partial charge >= 0.3 is 6.09 Å². The first-order valence-electron chi connectivity index (χ1n) is 10.7. The van der Waals surface area contributed by atoms with Crippen molar-refractivity contribution in [3.63, 3.8) is 0 Å². The highest BCUT2D eigenvalue weighted by atomic mass is 16.6. The predicted molar refractivity (Wildman–Crippen MR) is 123 cm³/mol. The summed E-state index contributed by atoms with van der Waals surface area (Å²) in [6, 6.07) is 13.3. The summed E-state index contributed by atoms with van der Waals surface area (Å²) in [5, 5.41) is 17.6. The molecule has 5 rings (SSSR count). The molecule has 33 heavy (non-hydrogen) atoms. The highest BCUT2D eigenvalue weighted by molar-refractivity contribution is 5.76. The van der Waals surface area contributed by atoms with E-state index < -0.39 is 0 Å². The largest absolute Gasteiger partial charge is 0.445 e. The first-order chi connectivity index (χ1) is 16.1. The first kappa shape index (κ1) is 20.6. The molecule has 0 saturated carbocycles. The molecule has 9 nitrogen and oxygen atoms in total. The highest BCUT2D eigenvalue weighted by Gasteiger charge is 2.24. The van der Waals surface area contributed by atoms with Crippen LogP contribution in [0.5, 0.6) is 0 Å². The second kappa shape index (κ2) is 8.67. The van der Waals surface area contributed by atoms with E-state index in [9.17, 15) is 4.79 Å². The number of piperazine rings is 1. The molecule has 0 spiro atoms. The number of pyridine rings is 1. The monoisotopic (exact) mass is 441 g/mol. The summed E-state index contributed by atoms with van der Waals surface area (Å²) >= 11 is 0. The molecule has 4 aromatic rings. The number of carbonyl (C=O) groups is 1. The summed E-state index contributed by atoms with van der Waals surface area (Å²) in [6.07, 6.45) is 7.38. The molecular formula is C24H23N7O2. The van der Waals surface area contributed by atoms with Crippen molar-refractivity contribution in [1.29, 1.82) is 5.26 Å². The fourth-order valence-electron chi connectivity index (χ4n) is 4.00. The van der Waals surface area contributed by atoms with Gasteiger partial charge in [0.25, 0.3) is 0 Å². The molecule has 1 amide bonds. The maximum atomic E-state index is 12.5. The van der Waals surface area contributed by atoms with Crippen LogP contribution in [0.4, 0.5) is 10.5 Å². The van der Waals surface area contributed by atoms with Crippen molar-refractivity contribution >= 4 is 17.3 Å². The number of aromatic nitrogens is 4. The first-order valence-corrected chi connectivity index (χ1v) is 10.7. The fourth-order valence-corrected chi connectivity index (χ4v) is 4.00. The minimum absolute atomic E-state index is 0.193. The topological polar surface area (TPSA) is 91.7 Å². The Morgan fingerprint density at radius 1 is 1.00 bits per heavy atom. The number of ether oxygens (including phenoxy) is 1. The second-order valence-electron chi connectivity index (χ2n) is 8.02. The van der Waals surface area contributed by atoms with Crippen LogP contribution in [-0.4, -0.2) is 56.6 Å². The van der Waals surface area contributed by atoms with Gasteiger partial charge in [-0.2, -0.15) is 15.5 Å². The van der Waals surface area contributed by atoms with Crippen LogP contribution in [0.25, 0.3) is 16.6 Å². The molecular weight excluding hydrogens is 418 g/mol. The van der Waals surface area contributed by atoms with Crippen molar-refractivity contribution in [1.82, 2.24) is 24.3 Å². The van der Waals surface area contributed by atoms with Crippen molar-refractivity contribution in [3.05, 3.63) is 72.3 Å². The van der Waals surface area contributed by atoms with E-state index in [4.69, 9.17) is 10.00 Å². The number of aryl methyl sites for hydroxylation is 1. The minimum Gasteiger partial charge on any atom is -0.445 e. The van der Waals surface area contributed by atoms with Gasteiger partial charge in [0.15, 0.2) is 0 Å². The van der Waals surface area contributed by atoms with E-state index in [0.29, 0.717) is 31.7 Å². The lowest BCUT2D eigenvalue weighted by molar-refractivity contribution is 0.0942. The Hall–Kier alpha value is -4.32. The zero-order valence-corrected chi connectivity index (χ0v) is 18.3. The van der Waals surface area contributed by atoms with Gasteiger partial charge in [-0.05, 0) is 23.8 Å². The smallest absolute Gasteiger partial charge is 0.410 e. The zero-order chi connectivity index (χ0) is 22.8. The summed E-state index contributed by atoms with van der Waals surface area (Å²) < 4.78 is 9.12. The third-order valence-electron chi connectivity index (χ3n) is 5.86. The Bertz CT molecular complexity index is 1330. The van der Waals surface area contributed by atoms with Crippen molar-refractivity contribution in [3.8, 4) is 17.2 Å². The highest BCUT2D eigenvalue weighted by Crippen LogP contribution is 2.26. The number of carbonyl (C=O) groups excluding carboxylic acids is 1. The molecule has 4 heterocycles. The Kier molecular flexibility index (Phi) is 5.40. The van der Waals surface area contributed by atoms with Gasteiger partial charge in [0, 0.05) is 56.7 Å². The third-order valence-corrected chi connectivity index (χ3v) is 5.86. The predicted octanol–water partition coefficient (Wildman–Crippen LogP) is 3.07. The average molecular weight is 441 g/mol. The molecule has 1 fully saturated rings. The molecule has 166 valence electrons. The number of amides is 1. The molecule has 1 aromatic carbocycles. The van der Waals surface area contributed by atoms with E-state index in [1.807, 2.05) is 36.4 Å². The van der Waals surface area contributed by atoms with Crippen LogP contribution in [0, 0.1) is 11.3 Å². The quantitative estimate of drug-likeness (QED) is 0.483. The molecule has 0 aliphatic carbocycles. The Balaban J connectivity index is 1.20. The van der Waals surface area contributed by atoms with Crippen molar-refractivity contribution in [2.75, 3.05) is 31.1 Å². The van der Waals surface area contributed by atoms with Crippen molar-refractivity contribution in [2.24, 2.45) is 7.05 Å². The molecule has 0 unspecified atom stereocenters. The summed E-state index contributed by atoms with van der Waals surface area (Å²) in [6.45, 7) is 2.77. The number of nitriles is 1. The number of fused-ring (bicyclic) bond motifs is 1. The molecule has 1 aliphatic rings. The van der Waals surface area contributed by atoms with Crippen LogP contribution in [0.3, 0.4) is 0 Å². The molecule has 3 aromatic heterocycles. The summed E-state index contributed by atoms with van der Waals surface area (Å²) in [4.78, 5) is 16.5. The average Bonchev–Trinajstić information content (AvgIpc) is 3.48. The second-order valence-corrected chi connectivity index (χ2v) is 8.02. The van der Waals surface area contributed by atoms with Gasteiger partial charge in [0.1, 0.15) is 6.61 Å². The van der Waals surface area contributed by atoms with Gasteiger partial charge in [-0.1, -0.05) is 18.2 Å². The van der Waals surface area contributed by atoms with Crippen LogP contribution in [0.1, 0.15) is 11.1 Å². The van der Waals surface area contributed by atoms with E-state index in [0.717, 1.165) is 27.9 Å². The lowest BCUT2D eigenvalue weighted by Crippen LogP contribution is -2.48. The van der Waals surface area contributed by atoms with Crippen molar-refractivity contribution < 1.29 is 9.53 Å². The number of hydrogen-bond donors (Lipinski definition) is 0. The number of nitrogens with zero attached hydrogens (tertiary/aromatic N) is 7. The number of anilines is 1. The van der Waals surface area contributed by atoms with E-state index in [1.165, 1.54) is 0 Å². The number of benzene rings is 1. The third kappa shape index (κ3) is 4.23. The van der Waals surface area contributed by atoms with E-state index in [2.05, 4.69) is 33.3 Å². The Morgan fingerprint density at radius 3 is 2.48 bits per heavy atom. The van der Waals surface area contributed by atoms with Gasteiger partial charge in [-0.25, -0.2) is 9.31 Å². The molecule has 9 heteroatoms. The van der Waals surface area contributed by atoms with Crippen LogP contribution in [-0.2, 0) is 18.4 Å². The standard InChI is InChI=1S/C24H23N7O2/c1-28-15-21(13-26-28)20-6-7-22-23(14-27-31(22)16-20)29-8-10-30(11-9-29)24(32)33-17-19-4-2-18(12-25)3-5-19/h2-7,13-16H,8-11,17H2,1H3. The van der Waals surface area contributed by atoms with Crippen LogP contribution in [0.2, 0.25) is 0 Å². The lowest BCUT2D eigenvalue weighted by atomic mass is 10.1. The van der Waals surface area contributed by atoms with Gasteiger partial charge in [-0.15, -0.1) is 0 Å². The summed E-state index contributed by atoms with van der Waals surface area (Å²) in [7, 11) is 1.90. The SMILES string of the molecule is Cn1cc(-c2ccc3c(N4CCN(C(=O)OCc5ccc(C#N)cc5)CC4)cnn3c2)cn1. The fraction of sp³-hybridized carbons (Fsp3) is 0.250. The van der Waals surface area contributed by atoms with Gasteiger partial charge in [0.05, 0.1) is 35.2 Å². The maximum absolute atomic E-state index is 12.5. The van der Waals surface area contributed by atoms with Gasteiger partial charge in [-0.3, -0.25) is 4.68 Å². The maximum Gasteiger partial charge on any atom is 0.410 e. The molecule has 0 bridgehead atoms. The van der Waals surface area contributed by atoms with Crippen LogP contribution < -0.4 is 4.90 Å². The van der Waals surface area contributed by atoms with E-state index in [1.54, 1.807) is 33.8 Å². The summed E-state index contributed by atoms with van der Waals surface area (Å²) in [5.74, 6) is 0. The number of hydrogen-bond acceptors (Lipinski definition) is 6. The molecule has 1 aliphatic heterocycles.